The number of hydrogen-bond acceptors (Lipinski definition) is 2. The van der Waals surface area contributed by atoms with Gasteiger partial charge in [-0.1, -0.05) is 53.6 Å². The van der Waals surface area contributed by atoms with E-state index < -0.39 is 0 Å². The molecular formula is C16H19IN2O. The molecule has 1 aromatic carbocycles. The standard InChI is InChI=1S/C16H19IN2O/c17-10-5-1-2-6-11-19-16(20)14-9-12-18-15-8-4-3-7-13(14)15/h3-4,7-9,12H,1-2,5-6,10-11H2,(H,19,20). The number of alkyl halides is 1. The molecule has 0 saturated heterocycles. The van der Waals surface area contributed by atoms with Crippen molar-refractivity contribution >= 4 is 39.4 Å². The molecular weight excluding hydrogens is 363 g/mol. The number of para-hydroxylation sites is 1. The van der Waals surface area contributed by atoms with E-state index in [9.17, 15) is 4.79 Å². The number of nitrogens with one attached hydrogen (secondary N) is 1. The first-order valence-corrected chi connectivity index (χ1v) is 8.53. The quantitative estimate of drug-likeness (QED) is 0.448. The van der Waals surface area contributed by atoms with Gasteiger partial charge in [-0.15, -0.1) is 0 Å². The van der Waals surface area contributed by atoms with Gasteiger partial charge in [-0.05, 0) is 29.4 Å². The number of benzene rings is 1. The van der Waals surface area contributed by atoms with Gasteiger partial charge in [-0.2, -0.15) is 0 Å². The van der Waals surface area contributed by atoms with Crippen molar-refractivity contribution < 1.29 is 4.79 Å². The fourth-order valence-electron chi connectivity index (χ4n) is 2.16. The van der Waals surface area contributed by atoms with E-state index in [0.29, 0.717) is 5.56 Å². The van der Waals surface area contributed by atoms with Crippen LogP contribution >= 0.6 is 22.6 Å². The monoisotopic (exact) mass is 382 g/mol. The van der Waals surface area contributed by atoms with Crippen LogP contribution in [0.1, 0.15) is 36.0 Å². The first-order valence-electron chi connectivity index (χ1n) is 7.01. The van der Waals surface area contributed by atoms with Crippen LogP contribution in [-0.2, 0) is 0 Å². The number of aromatic nitrogens is 1. The van der Waals surface area contributed by atoms with Crippen molar-refractivity contribution in [3.63, 3.8) is 0 Å². The molecule has 2 aromatic rings. The Morgan fingerprint density at radius 2 is 1.90 bits per heavy atom. The summed E-state index contributed by atoms with van der Waals surface area (Å²) >= 11 is 2.40. The van der Waals surface area contributed by atoms with E-state index in [1.54, 1.807) is 12.3 Å². The molecule has 0 spiro atoms. The maximum atomic E-state index is 12.2. The normalized spacial score (nSPS) is 10.7. The molecule has 0 saturated carbocycles. The van der Waals surface area contributed by atoms with E-state index in [2.05, 4.69) is 32.9 Å². The third kappa shape index (κ3) is 4.16. The molecule has 0 atom stereocenters. The second kappa shape index (κ2) is 8.19. The lowest BCUT2D eigenvalue weighted by Crippen LogP contribution is -2.24. The Morgan fingerprint density at radius 3 is 2.75 bits per heavy atom. The zero-order valence-electron chi connectivity index (χ0n) is 11.4. The summed E-state index contributed by atoms with van der Waals surface area (Å²) in [5.74, 6) is -0.00232. The summed E-state index contributed by atoms with van der Waals surface area (Å²) in [6, 6.07) is 9.52. The minimum atomic E-state index is -0.00232. The van der Waals surface area contributed by atoms with E-state index >= 15 is 0 Å². The fourth-order valence-corrected chi connectivity index (χ4v) is 2.70. The number of carbonyl (C=O) groups is 1. The molecule has 0 aliphatic carbocycles. The van der Waals surface area contributed by atoms with Gasteiger partial charge in [0.1, 0.15) is 0 Å². The zero-order valence-corrected chi connectivity index (χ0v) is 13.6. The molecule has 1 aromatic heterocycles. The molecule has 0 aliphatic rings. The molecule has 0 bridgehead atoms. The summed E-state index contributed by atoms with van der Waals surface area (Å²) in [5, 5.41) is 3.91. The molecule has 20 heavy (non-hydrogen) atoms. The largest absolute Gasteiger partial charge is 0.352 e. The Labute approximate surface area is 133 Å². The topological polar surface area (TPSA) is 42.0 Å². The Balaban J connectivity index is 1.91. The van der Waals surface area contributed by atoms with E-state index in [1.165, 1.54) is 23.7 Å². The van der Waals surface area contributed by atoms with Gasteiger partial charge < -0.3 is 5.32 Å². The van der Waals surface area contributed by atoms with Gasteiger partial charge in [-0.3, -0.25) is 9.78 Å². The molecule has 106 valence electrons. The molecule has 1 heterocycles. The molecule has 0 aliphatic heterocycles. The molecule has 0 unspecified atom stereocenters. The lowest BCUT2D eigenvalue weighted by atomic mass is 10.1. The van der Waals surface area contributed by atoms with E-state index in [-0.39, 0.29) is 5.91 Å². The van der Waals surface area contributed by atoms with Crippen LogP contribution in [0.15, 0.2) is 36.5 Å². The van der Waals surface area contributed by atoms with Crippen molar-refractivity contribution in [2.75, 3.05) is 11.0 Å². The van der Waals surface area contributed by atoms with Crippen molar-refractivity contribution in [3.05, 3.63) is 42.1 Å². The van der Waals surface area contributed by atoms with Gasteiger partial charge in [0, 0.05) is 18.1 Å². The summed E-state index contributed by atoms with van der Waals surface area (Å²) in [6.07, 6.45) is 6.43. The van der Waals surface area contributed by atoms with Crippen molar-refractivity contribution in [1.29, 1.82) is 0 Å². The van der Waals surface area contributed by atoms with Crippen LogP contribution in [0.5, 0.6) is 0 Å². The predicted octanol–water partition coefficient (Wildman–Crippen LogP) is 3.96. The average Bonchev–Trinajstić information content (AvgIpc) is 2.50. The second-order valence-electron chi connectivity index (χ2n) is 4.73. The highest BCUT2D eigenvalue weighted by molar-refractivity contribution is 14.1. The minimum Gasteiger partial charge on any atom is -0.352 e. The highest BCUT2D eigenvalue weighted by Crippen LogP contribution is 2.15. The maximum Gasteiger partial charge on any atom is 0.252 e. The summed E-state index contributed by atoms with van der Waals surface area (Å²) in [4.78, 5) is 16.5. The average molecular weight is 382 g/mol. The highest BCUT2D eigenvalue weighted by Gasteiger charge is 2.09. The van der Waals surface area contributed by atoms with Crippen molar-refractivity contribution in [2.45, 2.75) is 25.7 Å². The Kier molecular flexibility index (Phi) is 6.24. The number of nitrogens with zero attached hydrogens (tertiary/aromatic N) is 1. The third-order valence-electron chi connectivity index (χ3n) is 3.24. The summed E-state index contributed by atoms with van der Waals surface area (Å²) < 4.78 is 1.22. The van der Waals surface area contributed by atoms with Gasteiger partial charge >= 0.3 is 0 Å². The fraction of sp³-hybridized carbons (Fsp3) is 0.375. The van der Waals surface area contributed by atoms with Crippen LogP contribution in [0.2, 0.25) is 0 Å². The number of rotatable bonds is 7. The first-order chi connectivity index (χ1) is 9.83. The van der Waals surface area contributed by atoms with E-state index in [1.807, 2.05) is 24.3 Å². The summed E-state index contributed by atoms with van der Waals surface area (Å²) in [5.41, 5.74) is 1.57. The molecule has 2 rings (SSSR count). The van der Waals surface area contributed by atoms with Crippen molar-refractivity contribution in [3.8, 4) is 0 Å². The lowest BCUT2D eigenvalue weighted by molar-refractivity contribution is 0.0954. The molecule has 0 fully saturated rings. The molecule has 1 amide bonds. The van der Waals surface area contributed by atoms with Gasteiger partial charge in [0.05, 0.1) is 11.1 Å². The Bertz CT molecular complexity index is 566. The molecule has 3 nitrogen and oxygen atoms in total. The van der Waals surface area contributed by atoms with Gasteiger partial charge in [-0.25, -0.2) is 0 Å². The zero-order chi connectivity index (χ0) is 14.2. The summed E-state index contributed by atoms with van der Waals surface area (Å²) in [6.45, 7) is 0.747. The van der Waals surface area contributed by atoms with E-state index in [0.717, 1.165) is 23.9 Å². The Morgan fingerprint density at radius 1 is 1.10 bits per heavy atom. The number of pyridine rings is 1. The highest BCUT2D eigenvalue weighted by atomic mass is 127. The predicted molar refractivity (Wildman–Crippen MR) is 91.4 cm³/mol. The number of unbranched alkanes of at least 4 members (excludes halogenated alkanes) is 3. The van der Waals surface area contributed by atoms with Crippen LogP contribution in [0.4, 0.5) is 0 Å². The van der Waals surface area contributed by atoms with Gasteiger partial charge in [0.25, 0.3) is 5.91 Å². The van der Waals surface area contributed by atoms with Gasteiger partial charge in [0.2, 0.25) is 0 Å². The Hall–Kier alpha value is -1.17. The number of halogens is 1. The van der Waals surface area contributed by atoms with E-state index in [4.69, 9.17) is 0 Å². The lowest BCUT2D eigenvalue weighted by Gasteiger charge is -2.07. The molecule has 4 heteroatoms. The minimum absolute atomic E-state index is 0.00232. The van der Waals surface area contributed by atoms with Crippen LogP contribution in [0, 0.1) is 0 Å². The van der Waals surface area contributed by atoms with Gasteiger partial charge in [0.15, 0.2) is 0 Å². The number of fused-ring (bicyclic) bond motifs is 1. The number of carbonyl (C=O) groups excluding carboxylic acids is 1. The molecule has 1 N–H and O–H groups in total. The van der Waals surface area contributed by atoms with Crippen LogP contribution in [0.25, 0.3) is 10.9 Å². The number of hydrogen-bond donors (Lipinski definition) is 1. The summed E-state index contributed by atoms with van der Waals surface area (Å²) in [7, 11) is 0. The van der Waals surface area contributed by atoms with Crippen LogP contribution in [-0.4, -0.2) is 21.9 Å². The second-order valence-corrected chi connectivity index (χ2v) is 5.81. The van der Waals surface area contributed by atoms with Crippen molar-refractivity contribution in [2.24, 2.45) is 0 Å². The maximum absolute atomic E-state index is 12.2. The van der Waals surface area contributed by atoms with Crippen LogP contribution in [0.3, 0.4) is 0 Å². The van der Waals surface area contributed by atoms with Crippen LogP contribution < -0.4 is 5.32 Å². The smallest absolute Gasteiger partial charge is 0.252 e. The van der Waals surface area contributed by atoms with Crippen molar-refractivity contribution in [1.82, 2.24) is 10.3 Å². The number of amides is 1. The third-order valence-corrected chi connectivity index (χ3v) is 4.00. The SMILES string of the molecule is O=C(NCCCCCCI)c1ccnc2ccccc12. The first kappa shape index (κ1) is 15.2. The molecule has 0 radical (unpaired) electrons.